The number of hydrogen-bond acceptors (Lipinski definition) is 0. The highest BCUT2D eigenvalue weighted by molar-refractivity contribution is 5.00. The van der Waals surface area contributed by atoms with Crippen molar-refractivity contribution in [1.82, 2.24) is 0 Å². The molecule has 2 heteroatoms. The van der Waals surface area contributed by atoms with Gasteiger partial charge in [0.2, 0.25) is 0 Å². The minimum absolute atomic E-state index is 1.04. The molecule has 2 nitrogen and oxygen atoms in total. The Bertz CT molecular complexity index is 332. The van der Waals surface area contributed by atoms with Gasteiger partial charge in [-0.05, 0) is 50.7 Å². The monoisotopic (exact) mass is 274 g/mol. The van der Waals surface area contributed by atoms with Crippen molar-refractivity contribution >= 4 is 0 Å². The molecule has 2 rings (SSSR count). The van der Waals surface area contributed by atoms with Gasteiger partial charge in [-0.3, -0.25) is 4.70 Å². The van der Waals surface area contributed by atoms with Gasteiger partial charge >= 0.3 is 0 Å². The molecule has 0 heterocycles. The van der Waals surface area contributed by atoms with Crippen LogP contribution in [0.25, 0.3) is 5.53 Å². The molecule has 0 amide bonds. The second-order valence-electron chi connectivity index (χ2n) is 6.32. The van der Waals surface area contributed by atoms with Gasteiger partial charge < -0.3 is 5.53 Å². The molecule has 0 fully saturated rings. The summed E-state index contributed by atoms with van der Waals surface area (Å²) in [5, 5.41) is 0. The molecular formula is C18H30N2. The highest BCUT2D eigenvalue weighted by Gasteiger charge is 2.15. The predicted octanol–water partition coefficient (Wildman–Crippen LogP) is 6.28. The van der Waals surface area contributed by atoms with E-state index in [0.29, 0.717) is 0 Å². The van der Waals surface area contributed by atoms with Crippen molar-refractivity contribution in [3.8, 4) is 0 Å². The van der Waals surface area contributed by atoms with E-state index in [1.807, 2.05) is 0 Å². The molecular weight excluding hydrogens is 244 g/mol. The van der Waals surface area contributed by atoms with E-state index >= 15 is 0 Å². The molecule has 0 aromatic heterocycles. The van der Waals surface area contributed by atoms with E-state index in [0.717, 1.165) is 37.1 Å². The van der Waals surface area contributed by atoms with Gasteiger partial charge in [-0.1, -0.05) is 38.5 Å². The lowest BCUT2D eigenvalue weighted by atomic mass is 10.1. The van der Waals surface area contributed by atoms with Gasteiger partial charge in [0.15, 0.2) is 11.4 Å². The van der Waals surface area contributed by atoms with Gasteiger partial charge in [-0.2, -0.15) is 0 Å². The normalized spacial score (nSPS) is 28.2. The molecule has 2 aliphatic rings. The SMILES string of the molecule is [N-]=[N+](/C1=C/CCCCCCC1)/C1=C/CCCCCCC1. The van der Waals surface area contributed by atoms with Crippen LogP contribution in [0.2, 0.25) is 0 Å². The van der Waals surface area contributed by atoms with E-state index in [1.54, 1.807) is 0 Å². The maximum Gasteiger partial charge on any atom is 0.171 e. The summed E-state index contributed by atoms with van der Waals surface area (Å²) in [6, 6.07) is 0. The summed E-state index contributed by atoms with van der Waals surface area (Å²) in [6.07, 6.45) is 21.9. The summed E-state index contributed by atoms with van der Waals surface area (Å²) in [7, 11) is 0. The van der Waals surface area contributed by atoms with Crippen LogP contribution in [0.4, 0.5) is 0 Å². The molecule has 0 aliphatic heterocycles. The van der Waals surface area contributed by atoms with Crippen LogP contribution in [0, 0.1) is 0 Å². The third-order valence-electron chi connectivity index (χ3n) is 4.58. The van der Waals surface area contributed by atoms with Crippen molar-refractivity contribution in [3.05, 3.63) is 29.1 Å². The summed E-state index contributed by atoms with van der Waals surface area (Å²) in [5.74, 6) is 0. The van der Waals surface area contributed by atoms with Gasteiger partial charge in [-0.25, -0.2) is 0 Å². The average molecular weight is 274 g/mol. The van der Waals surface area contributed by atoms with Gasteiger partial charge in [0.25, 0.3) is 0 Å². The molecule has 0 aromatic carbocycles. The fourth-order valence-electron chi connectivity index (χ4n) is 3.27. The Labute approximate surface area is 124 Å². The van der Waals surface area contributed by atoms with Crippen LogP contribution in [0.5, 0.6) is 0 Å². The number of hydrogen-bond donors (Lipinski definition) is 0. The van der Waals surface area contributed by atoms with Crippen LogP contribution in [-0.4, -0.2) is 4.70 Å². The molecule has 0 unspecified atom stereocenters. The van der Waals surface area contributed by atoms with E-state index < -0.39 is 0 Å². The molecule has 0 spiro atoms. The zero-order chi connectivity index (χ0) is 14.0. The quantitative estimate of drug-likeness (QED) is 0.418. The molecule has 0 bridgehead atoms. The lowest BCUT2D eigenvalue weighted by Gasteiger charge is -2.12. The number of nitrogens with zero attached hydrogens (tertiary/aromatic N) is 2. The summed E-state index contributed by atoms with van der Waals surface area (Å²) < 4.78 is 1.54. The first-order chi connectivity index (χ1) is 9.88. The van der Waals surface area contributed by atoms with Gasteiger partial charge in [-0.15, -0.1) is 0 Å². The van der Waals surface area contributed by atoms with Crippen molar-refractivity contribution in [2.45, 2.75) is 89.9 Å². The summed E-state index contributed by atoms with van der Waals surface area (Å²) in [4.78, 5) is 0. The molecule has 112 valence electrons. The van der Waals surface area contributed by atoms with Crippen LogP contribution in [-0.2, 0) is 0 Å². The Morgan fingerprint density at radius 2 is 1.00 bits per heavy atom. The molecule has 2 aliphatic carbocycles. The van der Waals surface area contributed by atoms with Crippen molar-refractivity contribution in [3.63, 3.8) is 0 Å². The first-order valence-electron chi connectivity index (χ1n) is 8.75. The zero-order valence-electron chi connectivity index (χ0n) is 12.9. The van der Waals surface area contributed by atoms with Crippen molar-refractivity contribution < 1.29 is 4.70 Å². The topological polar surface area (TPSA) is 25.3 Å². The Morgan fingerprint density at radius 3 is 1.50 bits per heavy atom. The lowest BCUT2D eigenvalue weighted by molar-refractivity contribution is -0.452. The average Bonchev–Trinajstić information content (AvgIpc) is 2.69. The van der Waals surface area contributed by atoms with Crippen LogP contribution in [0.15, 0.2) is 23.5 Å². The maximum atomic E-state index is 10.6. The fourth-order valence-corrected chi connectivity index (χ4v) is 3.27. The van der Waals surface area contributed by atoms with E-state index in [2.05, 4.69) is 12.2 Å². The van der Waals surface area contributed by atoms with Crippen molar-refractivity contribution in [2.24, 2.45) is 0 Å². The minimum Gasteiger partial charge on any atom is -0.494 e. The summed E-state index contributed by atoms with van der Waals surface area (Å²) in [6.45, 7) is 0. The Balaban J connectivity index is 2.01. The Kier molecular flexibility index (Phi) is 7.04. The first-order valence-corrected chi connectivity index (χ1v) is 8.75. The molecule has 0 saturated heterocycles. The summed E-state index contributed by atoms with van der Waals surface area (Å²) in [5.41, 5.74) is 12.9. The second-order valence-corrected chi connectivity index (χ2v) is 6.32. The van der Waals surface area contributed by atoms with Crippen LogP contribution >= 0.6 is 0 Å². The number of allylic oxidation sites excluding steroid dienone is 4. The zero-order valence-corrected chi connectivity index (χ0v) is 12.9. The molecule has 0 aromatic rings. The largest absolute Gasteiger partial charge is 0.494 e. The van der Waals surface area contributed by atoms with E-state index in [-0.39, 0.29) is 0 Å². The molecule has 0 atom stereocenters. The van der Waals surface area contributed by atoms with Crippen molar-refractivity contribution in [2.75, 3.05) is 0 Å². The van der Waals surface area contributed by atoms with Crippen LogP contribution in [0.3, 0.4) is 0 Å². The molecule has 0 N–H and O–H groups in total. The first kappa shape index (κ1) is 15.5. The predicted molar refractivity (Wildman–Crippen MR) is 84.4 cm³/mol. The highest BCUT2D eigenvalue weighted by Crippen LogP contribution is 2.24. The van der Waals surface area contributed by atoms with E-state index in [9.17, 15) is 5.53 Å². The maximum absolute atomic E-state index is 10.6. The summed E-state index contributed by atoms with van der Waals surface area (Å²) >= 11 is 0. The minimum atomic E-state index is 1.04. The molecule has 0 saturated carbocycles. The highest BCUT2D eigenvalue weighted by atomic mass is 15.2. The third-order valence-corrected chi connectivity index (χ3v) is 4.58. The second kappa shape index (κ2) is 9.10. The molecule has 0 radical (unpaired) electrons. The van der Waals surface area contributed by atoms with Crippen molar-refractivity contribution in [1.29, 1.82) is 0 Å². The smallest absolute Gasteiger partial charge is 0.171 e. The lowest BCUT2D eigenvalue weighted by Crippen LogP contribution is -2.07. The van der Waals surface area contributed by atoms with Crippen LogP contribution < -0.4 is 0 Å². The van der Waals surface area contributed by atoms with E-state index in [4.69, 9.17) is 0 Å². The molecule has 20 heavy (non-hydrogen) atoms. The van der Waals surface area contributed by atoms with Gasteiger partial charge in [0.1, 0.15) is 0 Å². The standard InChI is InChI=1S/C18H30N2/c19-20(17-13-9-5-1-2-6-10-14-17)18-15-11-7-3-4-8-12-16-18/h13,15H,1-12,14,16H2/b17-13+,18-15+. The number of rotatable bonds is 2. The van der Waals surface area contributed by atoms with E-state index in [1.165, 1.54) is 68.9 Å². The Hall–Kier alpha value is -0.920. The third kappa shape index (κ3) is 5.22. The Morgan fingerprint density at radius 1 is 0.600 bits per heavy atom. The fraction of sp³-hybridized carbons (Fsp3) is 0.778. The van der Waals surface area contributed by atoms with Crippen LogP contribution in [0.1, 0.15) is 89.9 Å². The van der Waals surface area contributed by atoms with Gasteiger partial charge in [0, 0.05) is 12.8 Å². The van der Waals surface area contributed by atoms with Gasteiger partial charge in [0.05, 0.1) is 0 Å².